The lowest BCUT2D eigenvalue weighted by Crippen LogP contribution is -2.00. The fourth-order valence-corrected chi connectivity index (χ4v) is 1.75. The fraction of sp³-hybridized carbons (Fsp3) is 0.308. The van der Waals surface area contributed by atoms with Gasteiger partial charge in [0.1, 0.15) is 17.7 Å². The molecule has 0 N–H and O–H groups in total. The number of epoxide rings is 1. The third kappa shape index (κ3) is 2.03. The molecule has 4 nitrogen and oxygen atoms in total. The van der Waals surface area contributed by atoms with E-state index in [1.54, 1.807) is 6.20 Å². The average molecular weight is 230 g/mol. The van der Waals surface area contributed by atoms with Gasteiger partial charge in [0.2, 0.25) is 6.29 Å². The molecule has 2 aromatic rings. The minimum atomic E-state index is -0.0750. The Bertz CT molecular complexity index is 518. The summed E-state index contributed by atoms with van der Waals surface area (Å²) in [4.78, 5) is 4.30. The van der Waals surface area contributed by atoms with Gasteiger partial charge in [0.05, 0.1) is 0 Å². The van der Waals surface area contributed by atoms with Gasteiger partial charge >= 0.3 is 0 Å². The number of imidazole rings is 1. The molecule has 0 radical (unpaired) electrons. The lowest BCUT2D eigenvalue weighted by Gasteiger charge is -2.05. The molecule has 0 saturated carbocycles. The topological polar surface area (TPSA) is 39.6 Å². The van der Waals surface area contributed by atoms with Crippen LogP contribution in [-0.2, 0) is 11.8 Å². The van der Waals surface area contributed by atoms with Crippen molar-refractivity contribution in [3.63, 3.8) is 0 Å². The Balaban J connectivity index is 1.78. The summed E-state index contributed by atoms with van der Waals surface area (Å²) in [5.41, 5.74) is 1.08. The molecule has 0 amide bonds. The summed E-state index contributed by atoms with van der Waals surface area (Å²) in [5.74, 6) is 1.78. The van der Waals surface area contributed by atoms with Crippen LogP contribution in [0.25, 0.3) is 11.4 Å². The lowest BCUT2D eigenvalue weighted by molar-refractivity contribution is 0.178. The van der Waals surface area contributed by atoms with Crippen LogP contribution in [0.3, 0.4) is 0 Å². The number of hydrogen-bond acceptors (Lipinski definition) is 3. The van der Waals surface area contributed by atoms with Gasteiger partial charge in [-0.1, -0.05) is 0 Å². The van der Waals surface area contributed by atoms with Crippen LogP contribution in [0.15, 0.2) is 36.7 Å². The van der Waals surface area contributed by atoms with Crippen LogP contribution in [0.5, 0.6) is 5.75 Å². The van der Waals surface area contributed by atoms with Crippen LogP contribution in [0.4, 0.5) is 0 Å². The quantitative estimate of drug-likeness (QED) is 0.759. The smallest absolute Gasteiger partial charge is 0.226 e. The molecule has 1 fully saturated rings. The maximum Gasteiger partial charge on any atom is 0.226 e. The maximum absolute atomic E-state index is 5.59. The number of aryl methyl sites for hydroxylation is 1. The van der Waals surface area contributed by atoms with E-state index < -0.39 is 0 Å². The lowest BCUT2D eigenvalue weighted by atomic mass is 10.2. The van der Waals surface area contributed by atoms with Crippen LogP contribution in [0.2, 0.25) is 0 Å². The predicted molar refractivity (Wildman–Crippen MR) is 63.6 cm³/mol. The van der Waals surface area contributed by atoms with Gasteiger partial charge in [-0.3, -0.25) is 0 Å². The molecule has 88 valence electrons. The van der Waals surface area contributed by atoms with E-state index in [0.29, 0.717) is 0 Å². The molecule has 17 heavy (non-hydrogen) atoms. The molecule has 3 rings (SSSR count). The second-order valence-electron chi connectivity index (χ2n) is 4.21. The first-order chi connectivity index (χ1) is 8.24. The van der Waals surface area contributed by atoms with E-state index in [4.69, 9.17) is 9.47 Å². The van der Waals surface area contributed by atoms with Crippen molar-refractivity contribution >= 4 is 0 Å². The minimum absolute atomic E-state index is 0.0750. The summed E-state index contributed by atoms with van der Waals surface area (Å²) < 4.78 is 12.8. The zero-order valence-corrected chi connectivity index (χ0v) is 9.83. The SMILES string of the molecule is CC1OC1Oc1ccc(-c2nccn2C)cc1. The molecule has 2 atom stereocenters. The Morgan fingerprint density at radius 2 is 2.00 bits per heavy atom. The van der Waals surface area contributed by atoms with Gasteiger partial charge in [0.15, 0.2) is 0 Å². The number of nitrogens with zero attached hydrogens (tertiary/aromatic N) is 2. The summed E-state index contributed by atoms with van der Waals surface area (Å²) in [7, 11) is 1.98. The first-order valence-electron chi connectivity index (χ1n) is 5.64. The largest absolute Gasteiger partial charge is 0.462 e. The Hall–Kier alpha value is -1.81. The number of rotatable bonds is 3. The summed E-state index contributed by atoms with van der Waals surface area (Å²) >= 11 is 0. The van der Waals surface area contributed by atoms with E-state index in [2.05, 4.69) is 4.98 Å². The molecule has 1 aromatic heterocycles. The standard InChI is InChI=1S/C13H14N2O2/c1-9-13(16-9)17-11-5-3-10(4-6-11)12-14-7-8-15(12)2/h3-9,13H,1-2H3. The van der Waals surface area contributed by atoms with Crippen LogP contribution in [0, 0.1) is 0 Å². The normalized spacial score (nSPS) is 22.5. The highest BCUT2D eigenvalue weighted by molar-refractivity contribution is 5.56. The molecular formula is C13H14N2O2. The Kier molecular flexibility index (Phi) is 2.37. The predicted octanol–water partition coefficient (Wildman–Crippen LogP) is 2.21. The van der Waals surface area contributed by atoms with E-state index in [-0.39, 0.29) is 12.4 Å². The Labute approximate surface area is 99.8 Å². The van der Waals surface area contributed by atoms with E-state index in [0.717, 1.165) is 17.1 Å². The molecule has 1 aliphatic rings. The van der Waals surface area contributed by atoms with E-state index >= 15 is 0 Å². The van der Waals surface area contributed by atoms with Gasteiger partial charge in [-0.2, -0.15) is 0 Å². The van der Waals surface area contributed by atoms with E-state index in [9.17, 15) is 0 Å². The first-order valence-corrected chi connectivity index (χ1v) is 5.64. The number of ether oxygens (including phenoxy) is 2. The van der Waals surface area contributed by atoms with Crippen LogP contribution in [-0.4, -0.2) is 21.9 Å². The van der Waals surface area contributed by atoms with Crippen molar-refractivity contribution < 1.29 is 9.47 Å². The number of aromatic nitrogens is 2. The van der Waals surface area contributed by atoms with Crippen molar-refractivity contribution in [2.75, 3.05) is 0 Å². The molecule has 0 bridgehead atoms. The molecule has 2 heterocycles. The second kappa shape index (κ2) is 3.89. The molecule has 1 aromatic carbocycles. The van der Waals surface area contributed by atoms with E-state index in [1.807, 2.05) is 49.0 Å². The van der Waals surface area contributed by atoms with Gasteiger partial charge in [0, 0.05) is 25.0 Å². The molecule has 1 aliphatic heterocycles. The Morgan fingerprint density at radius 3 is 2.53 bits per heavy atom. The summed E-state index contributed by atoms with van der Waals surface area (Å²) in [6.07, 6.45) is 3.86. The highest BCUT2D eigenvalue weighted by atomic mass is 16.8. The second-order valence-corrected chi connectivity index (χ2v) is 4.21. The number of benzene rings is 1. The van der Waals surface area contributed by atoms with Crippen molar-refractivity contribution in [3.8, 4) is 17.1 Å². The van der Waals surface area contributed by atoms with Crippen molar-refractivity contribution in [2.45, 2.75) is 19.3 Å². The third-order valence-corrected chi connectivity index (χ3v) is 2.84. The van der Waals surface area contributed by atoms with Crippen molar-refractivity contribution in [3.05, 3.63) is 36.7 Å². The highest BCUT2D eigenvalue weighted by Crippen LogP contribution is 2.27. The minimum Gasteiger partial charge on any atom is -0.462 e. The van der Waals surface area contributed by atoms with Crippen LogP contribution in [0.1, 0.15) is 6.92 Å². The van der Waals surface area contributed by atoms with Gasteiger partial charge in [-0.15, -0.1) is 0 Å². The van der Waals surface area contributed by atoms with Gasteiger partial charge in [0.25, 0.3) is 0 Å². The highest BCUT2D eigenvalue weighted by Gasteiger charge is 2.36. The van der Waals surface area contributed by atoms with E-state index in [1.165, 1.54) is 0 Å². The van der Waals surface area contributed by atoms with Gasteiger partial charge in [-0.25, -0.2) is 4.98 Å². The molecule has 0 spiro atoms. The number of hydrogen-bond donors (Lipinski definition) is 0. The summed E-state index contributed by atoms with van der Waals surface area (Å²) in [5, 5.41) is 0. The summed E-state index contributed by atoms with van der Waals surface area (Å²) in [6, 6.07) is 7.90. The van der Waals surface area contributed by atoms with Crippen LogP contribution < -0.4 is 4.74 Å². The van der Waals surface area contributed by atoms with Gasteiger partial charge in [-0.05, 0) is 31.2 Å². The molecule has 4 heteroatoms. The zero-order chi connectivity index (χ0) is 11.8. The third-order valence-electron chi connectivity index (χ3n) is 2.84. The molecular weight excluding hydrogens is 216 g/mol. The summed E-state index contributed by atoms with van der Waals surface area (Å²) in [6.45, 7) is 1.99. The molecule has 2 unspecified atom stereocenters. The fourth-order valence-electron chi connectivity index (χ4n) is 1.75. The average Bonchev–Trinajstić information content (AvgIpc) is 2.85. The first kappa shape index (κ1) is 10.4. The molecule has 0 aliphatic carbocycles. The Morgan fingerprint density at radius 1 is 1.29 bits per heavy atom. The van der Waals surface area contributed by atoms with Crippen molar-refractivity contribution in [1.82, 2.24) is 9.55 Å². The zero-order valence-electron chi connectivity index (χ0n) is 9.83. The van der Waals surface area contributed by atoms with Crippen molar-refractivity contribution in [2.24, 2.45) is 7.05 Å². The molecule has 1 saturated heterocycles. The van der Waals surface area contributed by atoms with Gasteiger partial charge < -0.3 is 14.0 Å². The maximum atomic E-state index is 5.59. The monoisotopic (exact) mass is 230 g/mol. The van der Waals surface area contributed by atoms with Crippen molar-refractivity contribution in [1.29, 1.82) is 0 Å². The van der Waals surface area contributed by atoms with Crippen LogP contribution >= 0.6 is 0 Å².